The third kappa shape index (κ3) is 1.90. The van der Waals surface area contributed by atoms with Gasteiger partial charge in [0.25, 0.3) is 0 Å². The fourth-order valence-electron chi connectivity index (χ4n) is 0.712. The van der Waals surface area contributed by atoms with Crippen molar-refractivity contribution < 1.29 is 9.90 Å². The zero-order valence-corrected chi connectivity index (χ0v) is 10.5. The number of halogens is 2. The van der Waals surface area contributed by atoms with E-state index in [1.165, 1.54) is 0 Å². The van der Waals surface area contributed by atoms with Crippen LogP contribution in [-0.2, 0) is 4.79 Å². The average molecular weight is 392 g/mol. The Labute approximate surface area is 96.6 Å². The van der Waals surface area contributed by atoms with E-state index in [2.05, 4.69) is 50.2 Å². The number of imidazole rings is 1. The Morgan fingerprint density at radius 3 is 2.67 bits per heavy atom. The second-order valence-corrected chi connectivity index (χ2v) is 4.29. The van der Waals surface area contributed by atoms with E-state index in [9.17, 15) is 4.79 Å². The summed E-state index contributed by atoms with van der Waals surface area (Å²) in [6, 6.07) is -0.548. The largest absolute Gasteiger partial charge is 0.480 e. The second kappa shape index (κ2) is 3.90. The highest BCUT2D eigenvalue weighted by Gasteiger charge is 2.16. The zero-order valence-electron chi connectivity index (χ0n) is 6.16. The third-order valence-electron chi connectivity index (χ3n) is 1.47. The van der Waals surface area contributed by atoms with Gasteiger partial charge >= 0.3 is 5.97 Å². The van der Waals surface area contributed by atoms with E-state index in [-0.39, 0.29) is 0 Å². The fourth-order valence-corrected chi connectivity index (χ4v) is 1.80. The molecular weight excluding hydrogens is 386 g/mol. The highest BCUT2D eigenvalue weighted by molar-refractivity contribution is 14.1. The lowest BCUT2D eigenvalue weighted by Gasteiger charge is -2.08. The van der Waals surface area contributed by atoms with Gasteiger partial charge in [0.15, 0.2) is 0 Å². The van der Waals surface area contributed by atoms with Crippen LogP contribution in [0.3, 0.4) is 0 Å². The van der Waals surface area contributed by atoms with E-state index in [0.717, 1.165) is 7.40 Å². The first-order valence-electron chi connectivity index (χ1n) is 3.14. The Morgan fingerprint density at radius 1 is 1.75 bits per heavy atom. The third-order valence-corrected chi connectivity index (χ3v) is 4.36. The van der Waals surface area contributed by atoms with Gasteiger partial charge in [-0.1, -0.05) is 0 Å². The highest BCUT2D eigenvalue weighted by atomic mass is 127. The molecule has 0 aliphatic rings. The predicted octanol–water partition coefficient (Wildman–Crippen LogP) is 1.74. The number of hydrogen-bond acceptors (Lipinski definition) is 2. The summed E-state index contributed by atoms with van der Waals surface area (Å²) in [7, 11) is 0. The number of aromatic nitrogens is 2. The van der Waals surface area contributed by atoms with Gasteiger partial charge in [0.2, 0.25) is 0 Å². The lowest BCUT2D eigenvalue weighted by molar-refractivity contribution is -0.140. The Bertz CT molecular complexity index is 310. The van der Waals surface area contributed by atoms with Gasteiger partial charge in [-0.05, 0) is 52.1 Å². The fraction of sp³-hybridized carbons (Fsp3) is 0.333. The SMILES string of the molecule is C[C@H](C(=O)O)n1cnc(I)c1I. The highest BCUT2D eigenvalue weighted by Crippen LogP contribution is 2.17. The van der Waals surface area contributed by atoms with Crippen LogP contribution < -0.4 is 0 Å². The molecule has 1 heterocycles. The quantitative estimate of drug-likeness (QED) is 0.781. The predicted molar refractivity (Wildman–Crippen MR) is 60.0 cm³/mol. The molecule has 1 rings (SSSR count). The van der Waals surface area contributed by atoms with E-state index in [1.807, 2.05) is 0 Å². The number of carbonyl (C=O) groups is 1. The van der Waals surface area contributed by atoms with Crippen molar-refractivity contribution in [3.05, 3.63) is 13.7 Å². The van der Waals surface area contributed by atoms with Crippen LogP contribution >= 0.6 is 45.2 Å². The lowest BCUT2D eigenvalue weighted by Crippen LogP contribution is -2.15. The molecule has 6 heteroatoms. The monoisotopic (exact) mass is 392 g/mol. The molecule has 1 aromatic heterocycles. The minimum Gasteiger partial charge on any atom is -0.480 e. The van der Waals surface area contributed by atoms with Crippen LogP contribution in [-0.4, -0.2) is 20.6 Å². The molecule has 0 saturated heterocycles. The summed E-state index contributed by atoms with van der Waals surface area (Å²) in [5.41, 5.74) is 0. The van der Waals surface area contributed by atoms with Crippen molar-refractivity contribution in [1.82, 2.24) is 9.55 Å². The van der Waals surface area contributed by atoms with Gasteiger partial charge in [-0.15, -0.1) is 0 Å². The van der Waals surface area contributed by atoms with Gasteiger partial charge in [-0.3, -0.25) is 0 Å². The summed E-state index contributed by atoms with van der Waals surface area (Å²) < 4.78 is 3.33. The van der Waals surface area contributed by atoms with E-state index in [1.54, 1.807) is 17.8 Å². The normalized spacial score (nSPS) is 12.9. The Balaban J connectivity index is 3.03. The van der Waals surface area contributed by atoms with Gasteiger partial charge in [0, 0.05) is 0 Å². The molecule has 1 N–H and O–H groups in total. The molecule has 1 atom stereocenters. The maximum Gasteiger partial charge on any atom is 0.326 e. The summed E-state index contributed by atoms with van der Waals surface area (Å²) in [5, 5.41) is 8.71. The standard InChI is InChI=1S/C6H6I2N2O2/c1-3(6(11)12)10-2-9-4(7)5(10)8/h2-3H,1H3,(H,11,12)/t3-/m1/s1. The number of carboxylic acid groups (broad SMARTS) is 1. The summed E-state index contributed by atoms with van der Waals surface area (Å²) in [4.78, 5) is 14.6. The van der Waals surface area contributed by atoms with Crippen LogP contribution in [0.1, 0.15) is 13.0 Å². The van der Waals surface area contributed by atoms with Crippen molar-refractivity contribution in [2.45, 2.75) is 13.0 Å². The van der Waals surface area contributed by atoms with Gasteiger partial charge in [0.1, 0.15) is 13.4 Å². The van der Waals surface area contributed by atoms with E-state index >= 15 is 0 Å². The van der Waals surface area contributed by atoms with Crippen molar-refractivity contribution in [2.24, 2.45) is 0 Å². The van der Waals surface area contributed by atoms with Crippen LogP contribution in [0.2, 0.25) is 0 Å². The summed E-state index contributed by atoms with van der Waals surface area (Å²) >= 11 is 4.15. The maximum atomic E-state index is 10.6. The number of carboxylic acids is 1. The Kier molecular flexibility index (Phi) is 3.32. The smallest absolute Gasteiger partial charge is 0.326 e. The van der Waals surface area contributed by atoms with Crippen LogP contribution in [0.15, 0.2) is 6.33 Å². The Hall–Kier alpha value is 0.140. The summed E-state index contributed by atoms with van der Waals surface area (Å²) in [5.74, 6) is -0.846. The number of aliphatic carboxylic acids is 1. The van der Waals surface area contributed by atoms with Crippen molar-refractivity contribution in [1.29, 1.82) is 0 Å². The van der Waals surface area contributed by atoms with Gasteiger partial charge in [0.05, 0.1) is 6.33 Å². The molecule has 12 heavy (non-hydrogen) atoms. The molecule has 0 aromatic carbocycles. The summed E-state index contributed by atoms with van der Waals surface area (Å²) in [6.45, 7) is 1.63. The first-order valence-corrected chi connectivity index (χ1v) is 5.30. The minimum absolute atomic E-state index is 0.548. The lowest BCUT2D eigenvalue weighted by atomic mass is 10.3. The molecule has 0 fully saturated rings. The number of rotatable bonds is 2. The molecule has 0 unspecified atom stereocenters. The van der Waals surface area contributed by atoms with Gasteiger partial charge < -0.3 is 9.67 Å². The molecule has 0 amide bonds. The van der Waals surface area contributed by atoms with Crippen LogP contribution in [0.4, 0.5) is 0 Å². The molecule has 1 aromatic rings. The molecular formula is C6H6I2N2O2. The van der Waals surface area contributed by atoms with Crippen molar-refractivity contribution >= 4 is 51.2 Å². The van der Waals surface area contributed by atoms with Crippen molar-refractivity contribution in [2.75, 3.05) is 0 Å². The molecule has 0 saturated carbocycles. The van der Waals surface area contributed by atoms with Crippen LogP contribution in [0.25, 0.3) is 0 Å². The minimum atomic E-state index is -0.846. The molecule has 0 bridgehead atoms. The number of nitrogens with zero attached hydrogens (tertiary/aromatic N) is 2. The van der Waals surface area contributed by atoms with Gasteiger partial charge in [-0.2, -0.15) is 0 Å². The van der Waals surface area contributed by atoms with Crippen molar-refractivity contribution in [3.63, 3.8) is 0 Å². The number of hydrogen-bond donors (Lipinski definition) is 1. The van der Waals surface area contributed by atoms with E-state index in [0.29, 0.717) is 0 Å². The van der Waals surface area contributed by atoms with Crippen LogP contribution in [0, 0.1) is 7.40 Å². The zero-order chi connectivity index (χ0) is 9.30. The Morgan fingerprint density at radius 2 is 2.33 bits per heavy atom. The van der Waals surface area contributed by atoms with E-state index in [4.69, 9.17) is 5.11 Å². The first kappa shape index (κ1) is 10.2. The molecule has 0 aliphatic carbocycles. The average Bonchev–Trinajstić information content (AvgIpc) is 2.32. The molecule has 0 aliphatic heterocycles. The van der Waals surface area contributed by atoms with Crippen LogP contribution in [0.5, 0.6) is 0 Å². The maximum absolute atomic E-state index is 10.6. The summed E-state index contributed by atoms with van der Waals surface area (Å²) in [6.07, 6.45) is 1.54. The van der Waals surface area contributed by atoms with Gasteiger partial charge in [-0.25, -0.2) is 9.78 Å². The topological polar surface area (TPSA) is 55.1 Å². The molecule has 0 spiro atoms. The second-order valence-electron chi connectivity index (χ2n) is 2.25. The molecule has 66 valence electrons. The molecule has 4 nitrogen and oxygen atoms in total. The molecule has 0 radical (unpaired) electrons. The van der Waals surface area contributed by atoms with E-state index < -0.39 is 12.0 Å². The first-order chi connectivity index (χ1) is 5.54. The van der Waals surface area contributed by atoms with Crippen molar-refractivity contribution in [3.8, 4) is 0 Å².